The van der Waals surface area contributed by atoms with Crippen LogP contribution in [0.15, 0.2) is 46.4 Å². The van der Waals surface area contributed by atoms with Crippen LogP contribution >= 0.6 is 22.7 Å². The lowest BCUT2D eigenvalue weighted by atomic mass is 10.2. The minimum atomic E-state index is -0.949. The number of rotatable bonds is 4. The summed E-state index contributed by atoms with van der Waals surface area (Å²) in [5, 5.41) is 5.30. The Bertz CT molecular complexity index is 1120. The summed E-state index contributed by atoms with van der Waals surface area (Å²) in [4.78, 5) is 21.9. The fraction of sp³-hybridized carbons (Fsp3) is 0.0556. The largest absolute Gasteiger partial charge is 0.462 e. The predicted molar refractivity (Wildman–Crippen MR) is 100.0 cm³/mol. The zero-order chi connectivity index (χ0) is 19.0. The van der Waals surface area contributed by atoms with Gasteiger partial charge in [0.1, 0.15) is 5.69 Å². The maximum Gasteiger partial charge on any atom is 0.277 e. The molecular weight excluding hydrogens is 392 g/mol. The van der Waals surface area contributed by atoms with Gasteiger partial charge in [-0.3, -0.25) is 10.1 Å². The molecule has 27 heavy (non-hydrogen) atoms. The summed E-state index contributed by atoms with van der Waals surface area (Å²) < 4.78 is 31.7. The number of hydrogen-bond donors (Lipinski definition) is 1. The number of carbonyl (C=O) groups excluding carboxylic acids is 1. The first-order valence-corrected chi connectivity index (χ1v) is 9.44. The highest BCUT2D eigenvalue weighted by molar-refractivity contribution is 7.15. The van der Waals surface area contributed by atoms with Crippen molar-refractivity contribution in [2.45, 2.75) is 6.92 Å². The summed E-state index contributed by atoms with van der Waals surface area (Å²) in [6.07, 6.45) is 1.54. The summed E-state index contributed by atoms with van der Waals surface area (Å²) in [5.41, 5.74) is 1.16. The summed E-state index contributed by atoms with van der Waals surface area (Å²) in [7, 11) is 0. The van der Waals surface area contributed by atoms with E-state index in [-0.39, 0.29) is 5.69 Å². The van der Waals surface area contributed by atoms with Gasteiger partial charge in [-0.05, 0) is 37.3 Å². The van der Waals surface area contributed by atoms with Crippen LogP contribution in [0.1, 0.15) is 15.4 Å². The number of benzene rings is 1. The fourth-order valence-electron chi connectivity index (χ4n) is 2.39. The number of amides is 1. The third-order valence-corrected chi connectivity index (χ3v) is 5.43. The minimum absolute atomic E-state index is 0.288. The van der Waals surface area contributed by atoms with E-state index in [4.69, 9.17) is 4.42 Å². The van der Waals surface area contributed by atoms with Crippen molar-refractivity contribution in [3.8, 4) is 22.0 Å². The Morgan fingerprint density at radius 1 is 1.19 bits per heavy atom. The van der Waals surface area contributed by atoms with E-state index in [9.17, 15) is 13.6 Å². The van der Waals surface area contributed by atoms with Gasteiger partial charge in [-0.15, -0.1) is 22.7 Å². The Morgan fingerprint density at radius 2 is 2.04 bits per heavy atom. The quantitative estimate of drug-likeness (QED) is 0.498. The molecule has 0 radical (unpaired) electrons. The van der Waals surface area contributed by atoms with Gasteiger partial charge < -0.3 is 4.42 Å². The summed E-state index contributed by atoms with van der Waals surface area (Å²) in [6.45, 7) is 1.80. The van der Waals surface area contributed by atoms with E-state index >= 15 is 0 Å². The molecule has 0 aliphatic carbocycles. The Kier molecular flexibility index (Phi) is 4.54. The first-order chi connectivity index (χ1) is 13.0. The highest BCUT2D eigenvalue weighted by Crippen LogP contribution is 2.30. The van der Waals surface area contributed by atoms with Crippen LogP contribution in [0, 0.1) is 18.6 Å². The van der Waals surface area contributed by atoms with Crippen molar-refractivity contribution in [2.24, 2.45) is 0 Å². The molecule has 1 amide bonds. The number of anilines is 1. The number of nitrogens with zero attached hydrogens (tertiary/aromatic N) is 2. The highest BCUT2D eigenvalue weighted by atomic mass is 32.1. The summed E-state index contributed by atoms with van der Waals surface area (Å²) in [5.74, 6) is -1.67. The molecule has 0 atom stereocenters. The van der Waals surface area contributed by atoms with Crippen molar-refractivity contribution in [3.05, 3.63) is 64.2 Å². The van der Waals surface area contributed by atoms with E-state index in [0.29, 0.717) is 27.2 Å². The molecule has 0 fully saturated rings. The number of thiazole rings is 2. The van der Waals surface area contributed by atoms with Gasteiger partial charge in [0.25, 0.3) is 5.91 Å². The summed E-state index contributed by atoms with van der Waals surface area (Å²) >= 11 is 2.54. The highest BCUT2D eigenvalue weighted by Gasteiger charge is 2.19. The van der Waals surface area contributed by atoms with E-state index < -0.39 is 17.5 Å². The Hall–Kier alpha value is -2.91. The molecule has 9 heteroatoms. The average Bonchev–Trinajstić information content (AvgIpc) is 3.37. The molecule has 4 aromatic rings. The monoisotopic (exact) mass is 403 g/mol. The molecule has 0 saturated heterocycles. The number of aryl methyl sites for hydroxylation is 1. The number of halogens is 2. The molecule has 0 saturated carbocycles. The van der Waals surface area contributed by atoms with Gasteiger partial charge in [-0.2, -0.15) is 0 Å². The third kappa shape index (κ3) is 3.51. The molecular formula is C18H11F2N3O2S2. The molecule has 3 heterocycles. The fourth-order valence-corrected chi connectivity index (χ4v) is 3.98. The number of nitrogens with one attached hydrogen (secondary N) is 1. The van der Waals surface area contributed by atoms with Crippen LogP contribution in [-0.4, -0.2) is 15.9 Å². The summed E-state index contributed by atoms with van der Waals surface area (Å²) in [6, 6.07) is 7.06. The second kappa shape index (κ2) is 7.01. The lowest BCUT2D eigenvalue weighted by Crippen LogP contribution is -2.13. The molecule has 0 bridgehead atoms. The molecule has 3 aromatic heterocycles. The first-order valence-electron chi connectivity index (χ1n) is 7.75. The van der Waals surface area contributed by atoms with Crippen LogP contribution in [0.25, 0.3) is 22.0 Å². The zero-order valence-electron chi connectivity index (χ0n) is 13.8. The number of aromatic nitrogens is 2. The van der Waals surface area contributed by atoms with Gasteiger partial charge in [-0.1, -0.05) is 0 Å². The SMILES string of the molecule is Cc1sc(-c2ccco2)nc1C(=O)Nc1nc(-c2ccc(F)c(F)c2)cs1. The van der Waals surface area contributed by atoms with Crippen molar-refractivity contribution >= 4 is 33.7 Å². The van der Waals surface area contributed by atoms with E-state index in [0.717, 1.165) is 17.0 Å². The maximum absolute atomic E-state index is 13.4. The maximum atomic E-state index is 13.4. The van der Waals surface area contributed by atoms with E-state index in [2.05, 4.69) is 15.3 Å². The van der Waals surface area contributed by atoms with Crippen LogP contribution in [0.4, 0.5) is 13.9 Å². The van der Waals surface area contributed by atoms with Gasteiger partial charge in [0.05, 0.1) is 12.0 Å². The standard InChI is InChI=1S/C18H11F2N3O2S2/c1-9-15(22-17(27-9)14-3-2-6-25-14)16(24)23-18-21-13(8-26-18)10-4-5-11(19)12(20)7-10/h2-8H,1H3,(H,21,23,24). The van der Waals surface area contributed by atoms with Crippen LogP contribution in [0.3, 0.4) is 0 Å². The number of hydrogen-bond acceptors (Lipinski definition) is 6. The van der Waals surface area contributed by atoms with E-state index in [1.165, 1.54) is 28.7 Å². The topological polar surface area (TPSA) is 68.0 Å². The van der Waals surface area contributed by atoms with E-state index in [1.807, 2.05) is 0 Å². The molecule has 0 spiro atoms. The molecule has 1 aromatic carbocycles. The minimum Gasteiger partial charge on any atom is -0.462 e. The van der Waals surface area contributed by atoms with Gasteiger partial charge in [0, 0.05) is 15.8 Å². The Labute approximate surface area is 160 Å². The lowest BCUT2D eigenvalue weighted by Gasteiger charge is -2.00. The van der Waals surface area contributed by atoms with Gasteiger partial charge >= 0.3 is 0 Å². The molecule has 0 aliphatic heterocycles. The van der Waals surface area contributed by atoms with Crippen LogP contribution in [0.5, 0.6) is 0 Å². The van der Waals surface area contributed by atoms with Gasteiger partial charge in [0.15, 0.2) is 27.5 Å². The number of carbonyl (C=O) groups is 1. The molecule has 4 rings (SSSR count). The molecule has 136 valence electrons. The van der Waals surface area contributed by atoms with Crippen molar-refractivity contribution in [1.29, 1.82) is 0 Å². The van der Waals surface area contributed by atoms with Crippen molar-refractivity contribution in [3.63, 3.8) is 0 Å². The van der Waals surface area contributed by atoms with Crippen molar-refractivity contribution in [1.82, 2.24) is 9.97 Å². The average molecular weight is 403 g/mol. The molecule has 5 nitrogen and oxygen atoms in total. The molecule has 0 aliphatic rings. The molecule has 0 unspecified atom stereocenters. The Morgan fingerprint density at radius 3 is 2.78 bits per heavy atom. The van der Waals surface area contributed by atoms with Crippen LogP contribution in [0.2, 0.25) is 0 Å². The Balaban J connectivity index is 1.54. The van der Waals surface area contributed by atoms with Gasteiger partial charge in [0.2, 0.25) is 0 Å². The third-order valence-electron chi connectivity index (χ3n) is 3.68. The lowest BCUT2D eigenvalue weighted by molar-refractivity contribution is 0.102. The van der Waals surface area contributed by atoms with Crippen molar-refractivity contribution < 1.29 is 18.0 Å². The zero-order valence-corrected chi connectivity index (χ0v) is 15.5. The van der Waals surface area contributed by atoms with Crippen molar-refractivity contribution in [2.75, 3.05) is 5.32 Å². The van der Waals surface area contributed by atoms with Crippen LogP contribution < -0.4 is 5.32 Å². The second-order valence-electron chi connectivity index (χ2n) is 5.52. The normalized spacial score (nSPS) is 10.9. The number of furan rings is 1. The smallest absolute Gasteiger partial charge is 0.277 e. The second-order valence-corrected chi connectivity index (χ2v) is 7.58. The first kappa shape index (κ1) is 17.5. The van der Waals surface area contributed by atoms with Crippen LogP contribution in [-0.2, 0) is 0 Å². The van der Waals surface area contributed by atoms with Gasteiger partial charge in [-0.25, -0.2) is 18.7 Å². The molecule has 1 N–H and O–H groups in total. The predicted octanol–water partition coefficient (Wildman–Crippen LogP) is 5.37. The van der Waals surface area contributed by atoms with E-state index in [1.54, 1.807) is 30.7 Å².